The Hall–Kier alpha value is -3.72. The van der Waals surface area contributed by atoms with Gasteiger partial charge >= 0.3 is 0 Å². The number of rotatable bonds is 31. The lowest BCUT2D eigenvalue weighted by Crippen LogP contribution is -2.43. The third-order valence-electron chi connectivity index (χ3n) is 11.3. The summed E-state index contributed by atoms with van der Waals surface area (Å²) in [5.41, 5.74) is 6.63. The van der Waals surface area contributed by atoms with Gasteiger partial charge < -0.3 is 39.2 Å². The van der Waals surface area contributed by atoms with E-state index in [2.05, 4.69) is 135 Å². The van der Waals surface area contributed by atoms with Crippen LogP contribution in [0.25, 0.3) is 24.3 Å². The van der Waals surface area contributed by atoms with Gasteiger partial charge in [0.15, 0.2) is 12.4 Å². The van der Waals surface area contributed by atoms with Gasteiger partial charge in [-0.25, -0.2) is 0 Å². The number of quaternary nitrogens is 2. The molecule has 0 radical (unpaired) electrons. The molecule has 2 heterocycles. The number of unbranched alkanes of at least 4 members (excludes halogenated alkanes) is 2. The highest BCUT2D eigenvalue weighted by atomic mass is 33.1. The summed E-state index contributed by atoms with van der Waals surface area (Å²) in [4.78, 5) is 3.98. The molecule has 0 aliphatic rings. The molecule has 2 aromatic carbocycles. The van der Waals surface area contributed by atoms with E-state index in [1.807, 2.05) is 55.7 Å². The van der Waals surface area contributed by atoms with E-state index < -0.39 is 0 Å². The molecule has 0 saturated heterocycles. The summed E-state index contributed by atoms with van der Waals surface area (Å²) < 4.78 is 6.79. The molecule has 0 aliphatic heterocycles. The van der Waals surface area contributed by atoms with Crippen LogP contribution in [0.15, 0.2) is 97.3 Å². The van der Waals surface area contributed by atoms with Crippen molar-refractivity contribution >= 4 is 57.3 Å². The number of nitrogens with zero attached hydrogens (tertiary/aromatic N) is 6. The van der Waals surface area contributed by atoms with E-state index in [1.54, 1.807) is 0 Å². The maximum atomic E-state index is 9.36. The monoisotopic (exact) mass is 889 g/mol. The molecule has 0 amide bonds. The zero-order valence-electron chi connectivity index (χ0n) is 38.0. The van der Waals surface area contributed by atoms with E-state index in [0.717, 1.165) is 57.4 Å². The Labute approximate surface area is 381 Å². The minimum Gasteiger partial charge on any atom is -0.395 e. The second-order valence-electron chi connectivity index (χ2n) is 17.2. The van der Waals surface area contributed by atoms with Crippen molar-refractivity contribution in [2.45, 2.75) is 38.8 Å². The Morgan fingerprint density at radius 3 is 1.19 bits per heavy atom. The van der Waals surface area contributed by atoms with E-state index in [9.17, 15) is 20.4 Å². The second kappa shape index (κ2) is 28.2. The van der Waals surface area contributed by atoms with Crippen LogP contribution in [0.1, 0.15) is 48.2 Å². The number of aromatic nitrogens is 2. The van der Waals surface area contributed by atoms with Gasteiger partial charge in [-0.3, -0.25) is 0 Å². The lowest BCUT2D eigenvalue weighted by atomic mass is 10.1. The maximum Gasteiger partial charge on any atom is 0.205 e. The number of pyridine rings is 2. The quantitative estimate of drug-likeness (QED) is 0.0213. The molecule has 0 unspecified atom stereocenters. The summed E-state index contributed by atoms with van der Waals surface area (Å²) >= 11 is 0. The van der Waals surface area contributed by atoms with Gasteiger partial charge in [-0.2, -0.15) is 9.13 Å². The summed E-state index contributed by atoms with van der Waals surface area (Å²) in [5, 5.41) is 37.5. The number of aryl methyl sites for hydroxylation is 2. The van der Waals surface area contributed by atoms with Crippen LogP contribution >= 0.6 is 21.6 Å². The Bertz CT molecular complexity index is 1740. The zero-order valence-corrected chi connectivity index (χ0v) is 39.6. The van der Waals surface area contributed by atoms with Crippen molar-refractivity contribution in [2.24, 2.45) is 0 Å². The van der Waals surface area contributed by atoms with E-state index in [0.29, 0.717) is 26.2 Å². The van der Waals surface area contributed by atoms with Crippen LogP contribution in [0, 0.1) is 0 Å². The van der Waals surface area contributed by atoms with Crippen LogP contribution in [0.5, 0.6) is 0 Å². The zero-order chi connectivity index (χ0) is 44.5. The van der Waals surface area contributed by atoms with Gasteiger partial charge in [0.2, 0.25) is 11.4 Å². The maximum absolute atomic E-state index is 9.36. The van der Waals surface area contributed by atoms with Gasteiger partial charge in [0.05, 0.1) is 92.3 Å². The second-order valence-corrected chi connectivity index (χ2v) is 19.9. The normalized spacial score (nSPS) is 12.2. The molecular formula is C50H76N6O4S2+4. The fourth-order valence-corrected chi connectivity index (χ4v) is 9.95. The lowest BCUT2D eigenvalue weighted by molar-refractivity contribution is -0.888. The molecule has 4 N–H and O–H groups in total. The van der Waals surface area contributed by atoms with Crippen LogP contribution < -0.4 is 18.9 Å². The fraction of sp³-hybridized carbons (Fsp3) is 0.480. The van der Waals surface area contributed by atoms with Crippen LogP contribution in [-0.2, 0) is 13.1 Å². The molecule has 338 valence electrons. The molecule has 0 atom stereocenters. The topological polar surface area (TPSA) is 95.2 Å². The van der Waals surface area contributed by atoms with E-state index in [1.165, 1.54) is 61.9 Å². The van der Waals surface area contributed by atoms with Crippen molar-refractivity contribution in [2.75, 3.05) is 128 Å². The van der Waals surface area contributed by atoms with Gasteiger partial charge in [0.25, 0.3) is 0 Å². The van der Waals surface area contributed by atoms with Crippen molar-refractivity contribution in [1.82, 2.24) is 0 Å². The van der Waals surface area contributed by atoms with Crippen LogP contribution in [0.3, 0.4) is 0 Å². The van der Waals surface area contributed by atoms with Gasteiger partial charge in [0.1, 0.15) is 13.1 Å². The van der Waals surface area contributed by atoms with E-state index >= 15 is 0 Å². The molecule has 0 bridgehead atoms. The summed E-state index contributed by atoms with van der Waals surface area (Å²) in [5.74, 6) is 2.33. The lowest BCUT2D eigenvalue weighted by Gasteiger charge is -2.30. The number of aliphatic hydroxyl groups is 4. The van der Waals surface area contributed by atoms with Crippen LogP contribution in [0.4, 0.5) is 11.4 Å². The Balaban J connectivity index is 1.09. The number of benzene rings is 2. The van der Waals surface area contributed by atoms with Crippen molar-refractivity contribution in [3.63, 3.8) is 0 Å². The van der Waals surface area contributed by atoms with E-state index in [4.69, 9.17) is 0 Å². The Morgan fingerprint density at radius 2 is 0.839 bits per heavy atom. The highest BCUT2D eigenvalue weighted by Crippen LogP contribution is 2.23. The molecule has 10 nitrogen and oxygen atoms in total. The average molecular weight is 889 g/mol. The number of aliphatic hydroxyl groups excluding tert-OH is 4. The standard InChI is InChI=1S/C50H76N6O4S2/c1-55(2,35-11-9-29-51-27-7-5-13-47(51)21-15-45-17-23-49(24-18-45)53(31-39-57)32-40-58)37-43-61-62-44-38-56(3,4)36-12-10-30-52-28-8-6-14-48(52)22-16-46-19-25-50(26-20-46)54(33-41-59)34-42-60/h5-8,13-28,57-60H,9-12,29-44H2,1-4H3/q+4. The molecule has 4 aromatic rings. The number of hydrogen-bond donors (Lipinski definition) is 4. The molecule has 0 spiro atoms. The molecular weight excluding hydrogens is 813 g/mol. The highest BCUT2D eigenvalue weighted by molar-refractivity contribution is 8.76. The predicted octanol–water partition coefficient (Wildman–Crippen LogP) is 5.98. The van der Waals surface area contributed by atoms with Crippen molar-refractivity contribution < 1.29 is 38.5 Å². The minimum atomic E-state index is 0.0596. The first kappa shape index (κ1) is 50.9. The predicted molar refractivity (Wildman–Crippen MR) is 264 cm³/mol. The Kier molecular flexibility index (Phi) is 23.1. The molecule has 0 saturated carbocycles. The fourth-order valence-electron chi connectivity index (χ4n) is 7.42. The van der Waals surface area contributed by atoms with Crippen LogP contribution in [0.2, 0.25) is 0 Å². The molecule has 4 rings (SSSR count). The smallest absolute Gasteiger partial charge is 0.205 e. The van der Waals surface area contributed by atoms with Gasteiger partial charge in [-0.05, 0) is 59.7 Å². The SMILES string of the molecule is C[N+](C)(CCCC[n+]1ccccc1/C=C/c1ccc(N(CCO)CCO)cc1)CCSSCC[N+](C)(C)CCCC[n+]1ccccc1/C=C/c1ccc(N(CCO)CCO)cc1. The largest absolute Gasteiger partial charge is 0.395 e. The molecule has 0 aliphatic carbocycles. The van der Waals surface area contributed by atoms with E-state index in [-0.39, 0.29) is 26.4 Å². The third kappa shape index (κ3) is 18.9. The van der Waals surface area contributed by atoms with Crippen molar-refractivity contribution in [3.8, 4) is 0 Å². The first-order valence-corrected chi connectivity index (χ1v) is 24.9. The highest BCUT2D eigenvalue weighted by Gasteiger charge is 2.18. The van der Waals surface area contributed by atoms with Gasteiger partial charge in [-0.15, -0.1) is 0 Å². The average Bonchev–Trinajstić information content (AvgIpc) is 3.27. The first-order valence-electron chi connectivity index (χ1n) is 22.4. The third-order valence-corrected chi connectivity index (χ3v) is 13.7. The van der Waals surface area contributed by atoms with Crippen LogP contribution in [-0.4, -0.2) is 148 Å². The number of hydrogen-bond acceptors (Lipinski definition) is 8. The minimum absolute atomic E-state index is 0.0596. The Morgan fingerprint density at radius 1 is 0.468 bits per heavy atom. The number of anilines is 2. The molecule has 0 fully saturated rings. The first-order chi connectivity index (χ1) is 30.1. The van der Waals surface area contributed by atoms with Crippen molar-refractivity contribution in [3.05, 3.63) is 120 Å². The summed E-state index contributed by atoms with van der Waals surface area (Å²) in [6.45, 7) is 8.96. The summed E-state index contributed by atoms with van der Waals surface area (Å²) in [6, 6.07) is 29.3. The van der Waals surface area contributed by atoms with Gasteiger partial charge in [-0.1, -0.05) is 45.9 Å². The van der Waals surface area contributed by atoms with Crippen molar-refractivity contribution in [1.29, 1.82) is 0 Å². The molecule has 12 heteroatoms. The molecule has 2 aromatic heterocycles. The summed E-state index contributed by atoms with van der Waals surface area (Å²) in [7, 11) is 13.5. The molecule has 62 heavy (non-hydrogen) atoms. The summed E-state index contributed by atoms with van der Waals surface area (Å²) in [6.07, 6.45) is 17.7. The van der Waals surface area contributed by atoms with Gasteiger partial charge in [0, 0.05) is 99.7 Å².